The Bertz CT molecular complexity index is 1440. The van der Waals surface area contributed by atoms with E-state index in [1.165, 1.54) is 7.05 Å². The number of hydrogen-bond donors (Lipinski definition) is 2. The number of hydrogen-bond acceptors (Lipinski definition) is 11. The highest BCUT2D eigenvalue weighted by Gasteiger charge is 2.39. The number of likely N-dealkylation sites (tertiary alicyclic amines) is 1. The van der Waals surface area contributed by atoms with Gasteiger partial charge >= 0.3 is 0 Å². The van der Waals surface area contributed by atoms with Crippen LogP contribution in [0.3, 0.4) is 0 Å². The lowest BCUT2D eigenvalue weighted by molar-refractivity contribution is -0.141. The smallest absolute Gasteiger partial charge is 0.243 e. The average Bonchev–Trinajstić information content (AvgIpc) is 3.21. The zero-order valence-electron chi connectivity index (χ0n) is 25.4. The molecule has 2 aromatic carbocycles. The van der Waals surface area contributed by atoms with Crippen LogP contribution in [0, 0.1) is 0 Å². The number of amides is 3. The van der Waals surface area contributed by atoms with Gasteiger partial charge in [-0.25, -0.2) is 4.99 Å². The van der Waals surface area contributed by atoms with Crippen LogP contribution in [-0.4, -0.2) is 126 Å². The van der Waals surface area contributed by atoms with Gasteiger partial charge in [-0.3, -0.25) is 29.0 Å². The summed E-state index contributed by atoms with van der Waals surface area (Å²) in [6.45, 7) is 5.03. The topological polar surface area (TPSA) is 132 Å². The molecule has 0 aliphatic carbocycles. The van der Waals surface area contributed by atoms with E-state index in [2.05, 4.69) is 33.3 Å². The third kappa shape index (κ3) is 8.53. The van der Waals surface area contributed by atoms with Crippen LogP contribution in [0.2, 0.25) is 0 Å². The van der Waals surface area contributed by atoms with E-state index < -0.39 is 11.2 Å². The average molecular weight is 654 g/mol. The maximum absolute atomic E-state index is 12.9. The van der Waals surface area contributed by atoms with Gasteiger partial charge in [-0.15, -0.1) is 11.8 Å². The second-order valence-corrected chi connectivity index (χ2v) is 13.3. The Hall–Kier alpha value is -3.23. The van der Waals surface area contributed by atoms with Gasteiger partial charge in [-0.1, -0.05) is 30.0 Å². The van der Waals surface area contributed by atoms with Gasteiger partial charge in [0.25, 0.3) is 0 Å². The first-order chi connectivity index (χ1) is 21.9. The van der Waals surface area contributed by atoms with Crippen LogP contribution in [0.1, 0.15) is 24.0 Å². The number of para-hydroxylation sites is 1. The van der Waals surface area contributed by atoms with Gasteiger partial charge < -0.3 is 20.1 Å². The molecule has 3 heterocycles. The molecule has 2 saturated heterocycles. The number of imide groups is 1. The van der Waals surface area contributed by atoms with Gasteiger partial charge in [0, 0.05) is 68.0 Å². The van der Waals surface area contributed by atoms with E-state index in [4.69, 9.17) is 14.8 Å². The van der Waals surface area contributed by atoms with Gasteiger partial charge in [0.15, 0.2) is 5.78 Å². The van der Waals surface area contributed by atoms with Crippen LogP contribution >= 0.6 is 23.5 Å². The molecule has 3 aliphatic rings. The first kappa shape index (κ1) is 33.1. The van der Waals surface area contributed by atoms with Crippen LogP contribution in [0.25, 0.3) is 0 Å². The minimum Gasteiger partial charge on any atom is -0.394 e. The Balaban J connectivity index is 1.22. The van der Waals surface area contributed by atoms with Gasteiger partial charge in [-0.05, 0) is 36.2 Å². The van der Waals surface area contributed by atoms with Crippen molar-refractivity contribution < 1.29 is 29.0 Å². The van der Waals surface area contributed by atoms with Crippen molar-refractivity contribution in [2.75, 3.05) is 71.9 Å². The van der Waals surface area contributed by atoms with Crippen LogP contribution in [0.5, 0.6) is 0 Å². The predicted octanol–water partition coefficient (Wildman–Crippen LogP) is 1.96. The van der Waals surface area contributed by atoms with Crippen molar-refractivity contribution in [1.29, 1.82) is 0 Å². The Labute approximate surface area is 271 Å². The van der Waals surface area contributed by atoms with Crippen molar-refractivity contribution in [1.82, 2.24) is 20.0 Å². The third-order valence-corrected chi connectivity index (χ3v) is 10.3. The molecule has 0 saturated carbocycles. The fourth-order valence-corrected chi connectivity index (χ4v) is 7.55. The quantitative estimate of drug-likeness (QED) is 0.244. The first-order valence-corrected chi connectivity index (χ1v) is 17.1. The molecule has 3 aliphatic heterocycles. The highest BCUT2D eigenvalue weighted by atomic mass is 32.2. The molecule has 3 amide bonds. The number of benzene rings is 2. The van der Waals surface area contributed by atoms with Crippen molar-refractivity contribution in [3.63, 3.8) is 0 Å². The van der Waals surface area contributed by atoms with Crippen LogP contribution in [0.15, 0.2) is 57.2 Å². The summed E-state index contributed by atoms with van der Waals surface area (Å²) in [4.78, 5) is 62.7. The van der Waals surface area contributed by atoms with E-state index >= 15 is 0 Å². The number of aryl methyl sites for hydroxylation is 1. The number of aliphatic hydroxyl groups is 1. The molecule has 240 valence electrons. The first-order valence-electron chi connectivity index (χ1n) is 15.2. The third-order valence-electron chi connectivity index (χ3n) is 7.98. The lowest BCUT2D eigenvalue weighted by atomic mass is 10.0. The summed E-state index contributed by atoms with van der Waals surface area (Å²) in [5, 5.41) is 10.8. The van der Waals surface area contributed by atoms with Crippen molar-refractivity contribution in [3.8, 4) is 0 Å². The summed E-state index contributed by atoms with van der Waals surface area (Å²) in [5.74, 6) is -0.127. The molecular formula is C32H39N5O6S2. The van der Waals surface area contributed by atoms with Gasteiger partial charge in [0.2, 0.25) is 17.7 Å². The Kier molecular flexibility index (Phi) is 11.7. The zero-order chi connectivity index (χ0) is 31.8. The second-order valence-electron chi connectivity index (χ2n) is 11.0. The number of aliphatic imine (C=N–C) groups is 1. The number of aliphatic hydroxyl groups excluding tert-OH is 1. The van der Waals surface area contributed by atoms with Gasteiger partial charge in [-0.2, -0.15) is 0 Å². The number of fused-ring (bicyclic) bond motifs is 2. The van der Waals surface area contributed by atoms with E-state index in [-0.39, 0.29) is 49.3 Å². The summed E-state index contributed by atoms with van der Waals surface area (Å²) in [7, 11) is 1.52. The number of nitrogens with zero attached hydrogens (tertiary/aromatic N) is 4. The van der Waals surface area contributed by atoms with Crippen LogP contribution in [-0.2, 0) is 30.3 Å². The summed E-state index contributed by atoms with van der Waals surface area (Å²) < 4.78 is 5.44. The van der Waals surface area contributed by atoms with Crippen molar-refractivity contribution in [2.45, 2.75) is 34.3 Å². The monoisotopic (exact) mass is 653 g/mol. The van der Waals surface area contributed by atoms with E-state index in [0.29, 0.717) is 19.6 Å². The van der Waals surface area contributed by atoms with Crippen molar-refractivity contribution in [2.24, 2.45) is 4.99 Å². The van der Waals surface area contributed by atoms with Crippen LogP contribution in [0.4, 0.5) is 5.69 Å². The summed E-state index contributed by atoms with van der Waals surface area (Å²) >= 11 is 2.80. The Morgan fingerprint density at radius 1 is 1.09 bits per heavy atom. The molecule has 0 bridgehead atoms. The van der Waals surface area contributed by atoms with Crippen LogP contribution < -0.4 is 5.32 Å². The Morgan fingerprint density at radius 3 is 2.67 bits per heavy atom. The highest BCUT2D eigenvalue weighted by Crippen LogP contribution is 2.41. The lowest BCUT2D eigenvalue weighted by Gasteiger charge is -2.36. The molecule has 13 heteroatoms. The SMILES string of the molecule is CNC(=O)CSC1CC(=O)N(CC(=O)CCc2ccc3c(c2)Sc2ccccc2N=C3N2CCN(CCOCCO)CC2)C1=O. The summed E-state index contributed by atoms with van der Waals surface area (Å²) in [6.07, 6.45) is 0.705. The number of carbonyl (C=O) groups is 4. The fourth-order valence-electron chi connectivity index (χ4n) is 5.44. The molecule has 2 fully saturated rings. The van der Waals surface area contributed by atoms with Gasteiger partial charge in [0.05, 0.1) is 43.1 Å². The molecule has 1 atom stereocenters. The number of piperazine rings is 1. The number of rotatable bonds is 13. The molecule has 2 N–H and O–H groups in total. The molecule has 5 rings (SSSR count). The number of nitrogens with one attached hydrogen (secondary N) is 1. The van der Waals surface area contributed by atoms with E-state index in [9.17, 15) is 19.2 Å². The number of ketones is 1. The number of ether oxygens (including phenoxy) is 1. The summed E-state index contributed by atoms with van der Waals surface area (Å²) in [6, 6.07) is 14.4. The number of thioether (sulfide) groups is 1. The molecule has 0 radical (unpaired) electrons. The minimum absolute atomic E-state index is 0.00920. The molecule has 1 unspecified atom stereocenters. The van der Waals surface area contributed by atoms with E-state index in [0.717, 1.165) is 81.8 Å². The number of amidine groups is 1. The predicted molar refractivity (Wildman–Crippen MR) is 174 cm³/mol. The molecule has 45 heavy (non-hydrogen) atoms. The minimum atomic E-state index is -0.628. The molecule has 0 spiro atoms. The lowest BCUT2D eigenvalue weighted by Crippen LogP contribution is -2.49. The molecule has 2 aromatic rings. The van der Waals surface area contributed by atoms with E-state index in [1.807, 2.05) is 24.3 Å². The normalized spacial score (nSPS) is 18.4. The molecular weight excluding hydrogens is 615 g/mol. The summed E-state index contributed by atoms with van der Waals surface area (Å²) in [5.41, 5.74) is 2.98. The maximum atomic E-state index is 12.9. The number of Topliss-reactive ketones (excluding diaryl/α,β-unsaturated/α-hetero) is 1. The van der Waals surface area contributed by atoms with Crippen molar-refractivity contribution >= 4 is 58.6 Å². The highest BCUT2D eigenvalue weighted by molar-refractivity contribution is 8.01. The molecule has 0 aromatic heterocycles. The largest absolute Gasteiger partial charge is 0.394 e. The fraction of sp³-hybridized carbons (Fsp3) is 0.469. The standard InChI is InChI=1S/C32H39N5O6S2/c1-33-29(40)21-44-28-19-30(41)37(32(28)42)20-23(39)8-6-22-7-9-24-27(18-22)45-26-5-3-2-4-25(26)34-31(24)36-12-10-35(11-13-36)14-16-43-17-15-38/h2-5,7,9,18,28,38H,6,8,10-17,19-21H2,1H3,(H,33,40). The zero-order valence-corrected chi connectivity index (χ0v) is 27.0. The van der Waals surface area contributed by atoms with E-state index in [1.54, 1.807) is 11.8 Å². The number of carbonyl (C=O) groups excluding carboxylic acids is 4. The second kappa shape index (κ2) is 15.9. The van der Waals surface area contributed by atoms with Crippen molar-refractivity contribution in [3.05, 3.63) is 53.6 Å². The molecule has 11 nitrogen and oxygen atoms in total. The van der Waals surface area contributed by atoms with Gasteiger partial charge in [0.1, 0.15) is 5.84 Å². The maximum Gasteiger partial charge on any atom is 0.243 e. The Morgan fingerprint density at radius 2 is 1.89 bits per heavy atom.